The van der Waals surface area contributed by atoms with Gasteiger partial charge in [-0.2, -0.15) is 0 Å². The predicted octanol–water partition coefficient (Wildman–Crippen LogP) is 4.71. The average molecular weight is 490 g/mol. The molecule has 0 unspecified atom stereocenters. The maximum atomic E-state index is 12.7. The molecule has 4 aromatic rings. The SMILES string of the molecule is COc1cccc(CSc2nnc(CNC(=O)c3cccc([N+](=O)[O-])c3)n2-c2ccc(C)cc2)c1. The van der Waals surface area contributed by atoms with E-state index in [0.29, 0.717) is 16.7 Å². The summed E-state index contributed by atoms with van der Waals surface area (Å²) in [7, 11) is 1.63. The Morgan fingerprint density at radius 1 is 1.09 bits per heavy atom. The molecule has 0 saturated carbocycles. The maximum Gasteiger partial charge on any atom is 0.270 e. The van der Waals surface area contributed by atoms with Crippen LogP contribution in [0.1, 0.15) is 27.3 Å². The van der Waals surface area contributed by atoms with Crippen LogP contribution in [0.2, 0.25) is 0 Å². The third-order valence-electron chi connectivity index (χ3n) is 5.22. The smallest absolute Gasteiger partial charge is 0.270 e. The number of thioether (sulfide) groups is 1. The zero-order valence-corrected chi connectivity index (χ0v) is 20.0. The van der Waals surface area contributed by atoms with E-state index < -0.39 is 10.8 Å². The molecule has 1 aromatic heterocycles. The molecule has 10 heteroatoms. The Hall–Kier alpha value is -4.18. The molecular weight excluding hydrogens is 466 g/mol. The Balaban J connectivity index is 1.56. The molecule has 0 spiro atoms. The number of ether oxygens (including phenoxy) is 1. The number of carbonyl (C=O) groups excluding carboxylic acids is 1. The number of nitrogens with one attached hydrogen (secondary N) is 1. The summed E-state index contributed by atoms with van der Waals surface area (Å²) in [5.74, 6) is 1.55. The van der Waals surface area contributed by atoms with Crippen LogP contribution in [0.25, 0.3) is 5.69 Å². The van der Waals surface area contributed by atoms with Gasteiger partial charge < -0.3 is 10.1 Å². The summed E-state index contributed by atoms with van der Waals surface area (Å²) in [6.07, 6.45) is 0. The molecule has 0 fully saturated rings. The highest BCUT2D eigenvalue weighted by atomic mass is 32.2. The van der Waals surface area contributed by atoms with Crippen molar-refractivity contribution >= 4 is 23.4 Å². The number of non-ortho nitro benzene ring substituents is 1. The Morgan fingerprint density at radius 2 is 1.86 bits per heavy atom. The van der Waals surface area contributed by atoms with Crippen LogP contribution in [0.3, 0.4) is 0 Å². The van der Waals surface area contributed by atoms with Crippen LogP contribution >= 0.6 is 11.8 Å². The summed E-state index contributed by atoms with van der Waals surface area (Å²) in [6.45, 7) is 2.11. The summed E-state index contributed by atoms with van der Waals surface area (Å²) in [4.78, 5) is 23.1. The van der Waals surface area contributed by atoms with Crippen LogP contribution < -0.4 is 10.1 Å². The molecule has 0 bridgehead atoms. The minimum atomic E-state index is -0.531. The van der Waals surface area contributed by atoms with Crippen LogP contribution in [0.4, 0.5) is 5.69 Å². The molecule has 1 amide bonds. The lowest BCUT2D eigenvalue weighted by Crippen LogP contribution is -2.24. The molecule has 0 radical (unpaired) electrons. The summed E-state index contributed by atoms with van der Waals surface area (Å²) < 4.78 is 7.21. The van der Waals surface area contributed by atoms with Crippen molar-refractivity contribution in [1.29, 1.82) is 0 Å². The quantitative estimate of drug-likeness (QED) is 0.206. The fourth-order valence-electron chi connectivity index (χ4n) is 3.39. The van der Waals surface area contributed by atoms with Gasteiger partial charge in [0.15, 0.2) is 11.0 Å². The van der Waals surface area contributed by atoms with E-state index in [-0.39, 0.29) is 17.8 Å². The second-order valence-corrected chi connectivity index (χ2v) is 8.64. The first-order valence-corrected chi connectivity index (χ1v) is 11.7. The van der Waals surface area contributed by atoms with Gasteiger partial charge in [0, 0.05) is 29.1 Å². The molecule has 4 rings (SSSR count). The number of amides is 1. The molecular formula is C25H23N5O4S. The van der Waals surface area contributed by atoms with Crippen LogP contribution in [0, 0.1) is 17.0 Å². The van der Waals surface area contributed by atoms with Crippen LogP contribution in [0.5, 0.6) is 5.75 Å². The van der Waals surface area contributed by atoms with Gasteiger partial charge in [0.2, 0.25) is 0 Å². The molecule has 0 aliphatic heterocycles. The van der Waals surface area contributed by atoms with E-state index in [2.05, 4.69) is 15.5 Å². The molecule has 1 N–H and O–H groups in total. The molecule has 1 heterocycles. The van der Waals surface area contributed by atoms with E-state index in [1.54, 1.807) is 7.11 Å². The van der Waals surface area contributed by atoms with Gasteiger partial charge >= 0.3 is 0 Å². The van der Waals surface area contributed by atoms with Crippen molar-refractivity contribution < 1.29 is 14.5 Å². The van der Waals surface area contributed by atoms with Gasteiger partial charge in [-0.3, -0.25) is 19.5 Å². The number of carbonyl (C=O) groups is 1. The molecule has 35 heavy (non-hydrogen) atoms. The monoisotopic (exact) mass is 489 g/mol. The van der Waals surface area contributed by atoms with E-state index in [0.717, 1.165) is 22.6 Å². The second kappa shape index (κ2) is 10.8. The maximum absolute atomic E-state index is 12.7. The highest BCUT2D eigenvalue weighted by Crippen LogP contribution is 2.27. The van der Waals surface area contributed by atoms with E-state index in [4.69, 9.17) is 4.74 Å². The van der Waals surface area contributed by atoms with Gasteiger partial charge in [-0.1, -0.05) is 47.7 Å². The number of nitro groups is 1. The average Bonchev–Trinajstić information content (AvgIpc) is 3.29. The molecule has 0 saturated heterocycles. The van der Waals surface area contributed by atoms with Crippen molar-refractivity contribution in [3.05, 3.63) is 105 Å². The van der Waals surface area contributed by atoms with Gasteiger partial charge in [0.25, 0.3) is 11.6 Å². The van der Waals surface area contributed by atoms with Crippen molar-refractivity contribution in [2.24, 2.45) is 0 Å². The number of rotatable bonds is 9. The van der Waals surface area contributed by atoms with Crippen molar-refractivity contribution in [1.82, 2.24) is 20.1 Å². The van der Waals surface area contributed by atoms with Crippen molar-refractivity contribution in [3.63, 3.8) is 0 Å². The zero-order chi connectivity index (χ0) is 24.8. The number of aryl methyl sites for hydroxylation is 1. The summed E-state index contributed by atoms with van der Waals surface area (Å²) in [5.41, 5.74) is 3.12. The van der Waals surface area contributed by atoms with Crippen LogP contribution in [0.15, 0.2) is 78.0 Å². The van der Waals surface area contributed by atoms with Gasteiger partial charge in [0.05, 0.1) is 18.6 Å². The Labute approximate surface area is 206 Å². The van der Waals surface area contributed by atoms with E-state index >= 15 is 0 Å². The first-order chi connectivity index (χ1) is 16.9. The van der Waals surface area contributed by atoms with Crippen LogP contribution in [-0.2, 0) is 12.3 Å². The number of hydrogen-bond donors (Lipinski definition) is 1. The minimum absolute atomic E-state index is 0.0993. The Kier molecular flexibility index (Phi) is 7.41. The van der Waals surface area contributed by atoms with Gasteiger partial charge in [-0.25, -0.2) is 0 Å². The largest absolute Gasteiger partial charge is 0.497 e. The zero-order valence-electron chi connectivity index (χ0n) is 19.2. The Morgan fingerprint density at radius 3 is 2.60 bits per heavy atom. The number of methoxy groups -OCH3 is 1. The van der Waals surface area contributed by atoms with Gasteiger partial charge in [0.1, 0.15) is 5.75 Å². The standard InChI is InChI=1S/C25H23N5O4S/c1-17-9-11-20(12-10-17)29-23(15-26-24(31)19-6-4-7-21(14-19)30(32)33)27-28-25(29)35-16-18-5-3-8-22(13-18)34-2/h3-14H,15-16H2,1-2H3,(H,26,31). The first-order valence-electron chi connectivity index (χ1n) is 10.7. The molecule has 0 atom stereocenters. The number of nitrogens with zero attached hydrogens (tertiary/aromatic N) is 4. The van der Waals surface area contributed by atoms with Gasteiger partial charge in [-0.15, -0.1) is 10.2 Å². The predicted molar refractivity (Wildman–Crippen MR) is 133 cm³/mol. The lowest BCUT2D eigenvalue weighted by atomic mass is 10.2. The number of benzene rings is 3. The number of aromatic nitrogens is 3. The molecule has 0 aliphatic carbocycles. The highest BCUT2D eigenvalue weighted by molar-refractivity contribution is 7.98. The Bertz CT molecular complexity index is 1350. The topological polar surface area (TPSA) is 112 Å². The van der Waals surface area contributed by atoms with E-state index in [1.165, 1.54) is 36.0 Å². The summed E-state index contributed by atoms with van der Waals surface area (Å²) in [5, 5.41) is 23.2. The third-order valence-corrected chi connectivity index (χ3v) is 6.22. The molecule has 0 aliphatic rings. The minimum Gasteiger partial charge on any atom is -0.497 e. The number of nitro benzene ring substituents is 1. The van der Waals surface area contributed by atoms with E-state index in [1.807, 2.05) is 60.0 Å². The summed E-state index contributed by atoms with van der Waals surface area (Å²) >= 11 is 1.52. The lowest BCUT2D eigenvalue weighted by Gasteiger charge is -2.12. The molecule has 178 valence electrons. The van der Waals surface area contributed by atoms with Gasteiger partial charge in [-0.05, 0) is 42.8 Å². The normalized spacial score (nSPS) is 10.7. The highest BCUT2D eigenvalue weighted by Gasteiger charge is 2.17. The first kappa shape index (κ1) is 24.0. The summed E-state index contributed by atoms with van der Waals surface area (Å²) in [6, 6.07) is 21.4. The second-order valence-electron chi connectivity index (χ2n) is 7.70. The van der Waals surface area contributed by atoms with Crippen molar-refractivity contribution in [2.45, 2.75) is 24.4 Å². The van der Waals surface area contributed by atoms with E-state index in [9.17, 15) is 14.9 Å². The van der Waals surface area contributed by atoms with Crippen molar-refractivity contribution in [3.8, 4) is 11.4 Å². The lowest BCUT2D eigenvalue weighted by molar-refractivity contribution is -0.384. The fraction of sp³-hybridized carbons (Fsp3) is 0.160. The number of hydrogen-bond acceptors (Lipinski definition) is 7. The fourth-order valence-corrected chi connectivity index (χ4v) is 4.31. The third kappa shape index (κ3) is 5.85. The molecule has 3 aromatic carbocycles. The van der Waals surface area contributed by atoms with Crippen LogP contribution in [-0.4, -0.2) is 32.7 Å². The molecule has 9 nitrogen and oxygen atoms in total. The van der Waals surface area contributed by atoms with Crippen molar-refractivity contribution in [2.75, 3.05) is 7.11 Å².